The van der Waals surface area contributed by atoms with Gasteiger partial charge >= 0.3 is 6.18 Å². The number of alkyl halides is 3. The van der Waals surface area contributed by atoms with Crippen LogP contribution >= 0.6 is 0 Å². The second kappa shape index (κ2) is 6.71. The van der Waals surface area contributed by atoms with Crippen LogP contribution in [0.2, 0.25) is 0 Å². The first-order chi connectivity index (χ1) is 7.38. The number of carbonyl (C=O) groups is 1. The lowest BCUT2D eigenvalue weighted by atomic mass is 10.3. The van der Waals surface area contributed by atoms with Gasteiger partial charge in [0, 0.05) is 13.0 Å². The molecule has 0 spiro atoms. The molecule has 0 aromatic carbocycles. The van der Waals surface area contributed by atoms with E-state index in [4.69, 9.17) is 9.15 Å². The van der Waals surface area contributed by atoms with E-state index in [0.717, 1.165) is 0 Å². The largest absolute Gasteiger partial charge is 0.493 e. The van der Waals surface area contributed by atoms with E-state index < -0.39 is 6.18 Å². The van der Waals surface area contributed by atoms with Gasteiger partial charge in [0.05, 0.1) is 13.4 Å². The Bertz CT molecular complexity index is 320. The topological polar surface area (TPSA) is 39.4 Å². The molecule has 0 aliphatic carbocycles. The Balaban J connectivity index is 0.000000385. The molecule has 1 aromatic heterocycles. The van der Waals surface area contributed by atoms with Crippen LogP contribution in [0.5, 0.6) is 0 Å². The van der Waals surface area contributed by atoms with E-state index in [0.29, 0.717) is 17.8 Å². The van der Waals surface area contributed by atoms with Gasteiger partial charge < -0.3 is 9.15 Å². The molecule has 0 saturated carbocycles. The summed E-state index contributed by atoms with van der Waals surface area (Å²) in [6.45, 7) is 0.188. The first-order valence-electron chi connectivity index (χ1n) is 4.18. The smallest absolute Gasteiger partial charge is 0.386 e. The normalized spacial score (nSPS) is 11.4. The van der Waals surface area contributed by atoms with Crippen LogP contribution in [0.15, 0.2) is 28.9 Å². The summed E-state index contributed by atoms with van der Waals surface area (Å²) < 4.78 is 40.9. The van der Waals surface area contributed by atoms with Gasteiger partial charge in [-0.15, -0.1) is 0 Å². The monoisotopic (exact) mass is 236 g/mol. The van der Waals surface area contributed by atoms with Crippen LogP contribution in [0, 0.1) is 0 Å². The molecule has 0 unspecified atom stereocenters. The highest BCUT2D eigenvalue weighted by Gasteiger charge is 2.15. The van der Waals surface area contributed by atoms with Gasteiger partial charge in [0.1, 0.15) is 6.29 Å². The van der Waals surface area contributed by atoms with Crippen LogP contribution in [0.1, 0.15) is 12.7 Å². The molecule has 0 amide bonds. The number of aldehydes is 1. The molecule has 0 aliphatic rings. The highest BCUT2D eigenvalue weighted by molar-refractivity contribution is 5.77. The quantitative estimate of drug-likeness (QED) is 0.460. The molecule has 0 aliphatic heterocycles. The minimum Gasteiger partial charge on any atom is -0.493 e. The number of allylic oxidation sites excluding steroid dienone is 1. The van der Waals surface area contributed by atoms with E-state index in [2.05, 4.69) is 0 Å². The zero-order valence-corrected chi connectivity index (χ0v) is 8.75. The maximum atomic E-state index is 10.4. The SMILES string of the molecule is CC(F)(F)F.CO/C(=C\C=O)c1ccco1. The van der Waals surface area contributed by atoms with Crippen LogP contribution in [-0.4, -0.2) is 19.6 Å². The van der Waals surface area contributed by atoms with Crippen LogP contribution in [0.25, 0.3) is 5.76 Å². The van der Waals surface area contributed by atoms with Crippen molar-refractivity contribution in [2.45, 2.75) is 13.1 Å². The minimum absolute atomic E-state index is 0.188. The van der Waals surface area contributed by atoms with Crippen molar-refractivity contribution in [3.8, 4) is 0 Å². The predicted molar refractivity (Wildman–Crippen MR) is 51.5 cm³/mol. The third-order valence-corrected chi connectivity index (χ3v) is 1.20. The van der Waals surface area contributed by atoms with E-state index >= 15 is 0 Å². The van der Waals surface area contributed by atoms with Crippen molar-refractivity contribution in [1.82, 2.24) is 0 Å². The first kappa shape index (κ1) is 14.3. The fraction of sp³-hybridized carbons (Fsp3) is 0.300. The zero-order valence-electron chi connectivity index (χ0n) is 8.75. The van der Waals surface area contributed by atoms with Gasteiger partial charge in [0.2, 0.25) is 0 Å². The Morgan fingerprint density at radius 2 is 2.06 bits per heavy atom. The van der Waals surface area contributed by atoms with Crippen molar-refractivity contribution in [2.24, 2.45) is 0 Å². The lowest BCUT2D eigenvalue weighted by Gasteiger charge is -1.98. The highest BCUT2D eigenvalue weighted by atomic mass is 19.4. The number of hydrogen-bond donors (Lipinski definition) is 0. The van der Waals surface area contributed by atoms with E-state index in [1.165, 1.54) is 19.4 Å². The maximum absolute atomic E-state index is 10.4. The molecule has 16 heavy (non-hydrogen) atoms. The molecule has 1 rings (SSSR count). The van der Waals surface area contributed by atoms with Crippen molar-refractivity contribution in [3.63, 3.8) is 0 Å². The van der Waals surface area contributed by atoms with E-state index in [1.54, 1.807) is 12.1 Å². The van der Waals surface area contributed by atoms with Crippen molar-refractivity contribution in [1.29, 1.82) is 0 Å². The number of ether oxygens (including phenoxy) is 1. The molecule has 0 fully saturated rings. The Morgan fingerprint density at radius 1 is 1.50 bits per heavy atom. The van der Waals surface area contributed by atoms with Crippen LogP contribution < -0.4 is 0 Å². The van der Waals surface area contributed by atoms with Gasteiger partial charge in [-0.25, -0.2) is 0 Å². The zero-order chi connectivity index (χ0) is 12.6. The van der Waals surface area contributed by atoms with Gasteiger partial charge in [-0.05, 0) is 12.1 Å². The average Bonchev–Trinajstić information content (AvgIpc) is 2.64. The molecule has 1 heterocycles. The summed E-state index contributed by atoms with van der Waals surface area (Å²) in [6.07, 6.45) is -0.521. The molecular weight excluding hydrogens is 225 g/mol. The molecule has 0 atom stereocenters. The van der Waals surface area contributed by atoms with Crippen molar-refractivity contribution in [2.75, 3.05) is 7.11 Å². The molecule has 90 valence electrons. The summed E-state index contributed by atoms with van der Waals surface area (Å²) in [5.74, 6) is 0.990. The molecule has 3 nitrogen and oxygen atoms in total. The molecule has 0 N–H and O–H groups in total. The fourth-order valence-corrected chi connectivity index (χ4v) is 0.731. The predicted octanol–water partition coefficient (Wildman–Crippen LogP) is 3.03. The standard InChI is InChI=1S/C8H8O3.C2H3F3/c1-10-7(4-5-9)8-3-2-6-11-8;1-2(3,4)5/h2-6H,1H3;1H3/b7-4-;. The van der Waals surface area contributed by atoms with Crippen molar-refractivity contribution >= 4 is 12.0 Å². The molecule has 0 saturated heterocycles. The lowest BCUT2D eigenvalue weighted by Crippen LogP contribution is -1.95. The maximum Gasteiger partial charge on any atom is 0.386 e. The molecule has 1 aromatic rings. The number of carbonyl (C=O) groups excluding carboxylic acids is 1. The number of methoxy groups -OCH3 is 1. The Kier molecular flexibility index (Phi) is 5.99. The van der Waals surface area contributed by atoms with Crippen molar-refractivity contribution in [3.05, 3.63) is 30.2 Å². The van der Waals surface area contributed by atoms with Gasteiger partial charge in [0.15, 0.2) is 11.5 Å². The van der Waals surface area contributed by atoms with E-state index in [-0.39, 0.29) is 6.92 Å². The van der Waals surface area contributed by atoms with Crippen LogP contribution in [0.4, 0.5) is 13.2 Å². The van der Waals surface area contributed by atoms with Gasteiger partial charge in [-0.3, -0.25) is 4.79 Å². The van der Waals surface area contributed by atoms with Crippen LogP contribution in [0.3, 0.4) is 0 Å². The van der Waals surface area contributed by atoms with Crippen LogP contribution in [-0.2, 0) is 9.53 Å². The number of rotatable bonds is 3. The first-order valence-corrected chi connectivity index (χ1v) is 4.18. The number of halogens is 3. The second-order valence-corrected chi connectivity index (χ2v) is 2.63. The summed E-state index contributed by atoms with van der Waals surface area (Å²) in [4.78, 5) is 10.1. The summed E-state index contributed by atoms with van der Waals surface area (Å²) in [5.41, 5.74) is 0. The summed E-state index contributed by atoms with van der Waals surface area (Å²) in [5, 5.41) is 0. The Morgan fingerprint density at radius 3 is 2.38 bits per heavy atom. The van der Waals surface area contributed by atoms with Gasteiger partial charge in [-0.1, -0.05) is 0 Å². The average molecular weight is 236 g/mol. The van der Waals surface area contributed by atoms with Crippen molar-refractivity contribution < 1.29 is 27.1 Å². The van der Waals surface area contributed by atoms with E-state index in [9.17, 15) is 18.0 Å². The Hall–Kier alpha value is -1.72. The number of hydrogen-bond acceptors (Lipinski definition) is 3. The van der Waals surface area contributed by atoms with E-state index in [1.807, 2.05) is 0 Å². The minimum atomic E-state index is -4.00. The Labute approximate surface area is 90.5 Å². The third kappa shape index (κ3) is 7.66. The highest BCUT2D eigenvalue weighted by Crippen LogP contribution is 2.13. The molecule has 0 bridgehead atoms. The molecular formula is C10H11F3O3. The van der Waals surface area contributed by atoms with Gasteiger partial charge in [-0.2, -0.15) is 13.2 Å². The third-order valence-electron chi connectivity index (χ3n) is 1.20. The number of furan rings is 1. The summed E-state index contributed by atoms with van der Waals surface area (Å²) in [6, 6.07) is 3.45. The fourth-order valence-electron chi connectivity index (χ4n) is 0.731. The summed E-state index contributed by atoms with van der Waals surface area (Å²) in [7, 11) is 1.48. The summed E-state index contributed by atoms with van der Waals surface area (Å²) >= 11 is 0. The van der Waals surface area contributed by atoms with Gasteiger partial charge in [0.25, 0.3) is 0 Å². The lowest BCUT2D eigenvalue weighted by molar-refractivity contribution is -0.110. The second-order valence-electron chi connectivity index (χ2n) is 2.63. The molecule has 0 radical (unpaired) electrons. The molecule has 6 heteroatoms.